The average molecular weight is 261 g/mol. The molecule has 1 N–H and O–H groups in total. The fraction of sp³-hybridized carbons (Fsp3) is 0.529. The molecule has 0 fully saturated rings. The molecule has 0 aromatic heterocycles. The van der Waals surface area contributed by atoms with E-state index in [4.69, 9.17) is 4.74 Å². The van der Waals surface area contributed by atoms with Crippen molar-refractivity contribution in [2.75, 3.05) is 6.54 Å². The molecule has 0 aliphatic carbocycles. The number of hydrogen-bond donors (Lipinski definition) is 1. The number of hydrogen-bond acceptors (Lipinski definition) is 2. The highest BCUT2D eigenvalue weighted by Gasteiger charge is 1.99. The van der Waals surface area contributed by atoms with Gasteiger partial charge in [0.25, 0.3) is 0 Å². The van der Waals surface area contributed by atoms with Crippen LogP contribution in [0.1, 0.15) is 46.6 Å². The summed E-state index contributed by atoms with van der Waals surface area (Å²) >= 11 is 0. The molecule has 0 aliphatic heterocycles. The van der Waals surface area contributed by atoms with Gasteiger partial charge in [0, 0.05) is 12.6 Å². The van der Waals surface area contributed by atoms with Gasteiger partial charge in [-0.2, -0.15) is 0 Å². The quantitative estimate of drug-likeness (QED) is 0.791. The summed E-state index contributed by atoms with van der Waals surface area (Å²) in [5, 5.41) is 3.46. The molecule has 1 aromatic rings. The second kappa shape index (κ2) is 8.00. The SMILES string of the molecule is CCC(=Cc1ccc(OC(C)C)cc1)CNC(C)C. The van der Waals surface area contributed by atoms with E-state index in [2.05, 4.69) is 44.3 Å². The van der Waals surface area contributed by atoms with Gasteiger partial charge in [0.15, 0.2) is 0 Å². The van der Waals surface area contributed by atoms with Crippen molar-refractivity contribution in [1.82, 2.24) is 5.32 Å². The Labute approximate surface area is 117 Å². The summed E-state index contributed by atoms with van der Waals surface area (Å²) in [6.07, 6.45) is 3.56. The van der Waals surface area contributed by atoms with Crippen LogP contribution in [-0.4, -0.2) is 18.7 Å². The van der Waals surface area contributed by atoms with Crippen LogP contribution in [0, 0.1) is 0 Å². The van der Waals surface area contributed by atoms with E-state index in [-0.39, 0.29) is 6.10 Å². The molecular formula is C17H27NO. The third kappa shape index (κ3) is 6.44. The summed E-state index contributed by atoms with van der Waals surface area (Å²) in [6.45, 7) is 11.6. The smallest absolute Gasteiger partial charge is 0.119 e. The first-order valence-corrected chi connectivity index (χ1v) is 7.20. The van der Waals surface area contributed by atoms with Crippen molar-refractivity contribution >= 4 is 6.08 Å². The van der Waals surface area contributed by atoms with Crippen LogP contribution in [0.4, 0.5) is 0 Å². The maximum absolute atomic E-state index is 5.65. The zero-order valence-corrected chi connectivity index (χ0v) is 12.9. The molecule has 1 rings (SSSR count). The molecule has 2 heteroatoms. The normalized spacial score (nSPS) is 12.3. The topological polar surface area (TPSA) is 21.3 Å². The van der Waals surface area contributed by atoms with Gasteiger partial charge in [0.2, 0.25) is 0 Å². The Bertz CT molecular complexity index is 390. The molecule has 0 saturated carbocycles. The fourth-order valence-electron chi connectivity index (χ4n) is 1.76. The van der Waals surface area contributed by atoms with Gasteiger partial charge in [-0.25, -0.2) is 0 Å². The van der Waals surface area contributed by atoms with E-state index in [9.17, 15) is 0 Å². The van der Waals surface area contributed by atoms with Gasteiger partial charge in [0.05, 0.1) is 6.10 Å². The van der Waals surface area contributed by atoms with Crippen LogP contribution in [0.3, 0.4) is 0 Å². The Kier molecular flexibility index (Phi) is 6.65. The first-order chi connectivity index (χ1) is 9.01. The molecule has 0 amide bonds. The molecule has 0 spiro atoms. The van der Waals surface area contributed by atoms with E-state index < -0.39 is 0 Å². The highest BCUT2D eigenvalue weighted by molar-refractivity contribution is 5.54. The van der Waals surface area contributed by atoms with Crippen LogP contribution < -0.4 is 10.1 Å². The molecule has 1 aromatic carbocycles. The molecule has 0 unspecified atom stereocenters. The Morgan fingerprint density at radius 1 is 1.16 bits per heavy atom. The largest absolute Gasteiger partial charge is 0.491 e. The van der Waals surface area contributed by atoms with E-state index in [1.54, 1.807) is 0 Å². The van der Waals surface area contributed by atoms with Crippen molar-refractivity contribution < 1.29 is 4.74 Å². The second-order valence-corrected chi connectivity index (χ2v) is 5.43. The van der Waals surface area contributed by atoms with E-state index in [0.29, 0.717) is 6.04 Å². The monoisotopic (exact) mass is 261 g/mol. The lowest BCUT2D eigenvalue weighted by Crippen LogP contribution is -2.24. The van der Waals surface area contributed by atoms with Crippen molar-refractivity contribution in [3.63, 3.8) is 0 Å². The number of ether oxygens (including phenoxy) is 1. The predicted molar refractivity (Wildman–Crippen MR) is 83.6 cm³/mol. The van der Waals surface area contributed by atoms with Crippen LogP contribution in [-0.2, 0) is 0 Å². The van der Waals surface area contributed by atoms with E-state index >= 15 is 0 Å². The standard InChI is InChI=1S/C17H27NO/c1-6-15(12-18-13(2)3)11-16-7-9-17(10-8-16)19-14(4)5/h7-11,13-14,18H,6,12H2,1-5H3. The average Bonchev–Trinajstić information content (AvgIpc) is 2.35. The van der Waals surface area contributed by atoms with Gasteiger partial charge >= 0.3 is 0 Å². The third-order valence-corrected chi connectivity index (χ3v) is 2.81. The Hall–Kier alpha value is -1.28. The first kappa shape index (κ1) is 15.8. The summed E-state index contributed by atoms with van der Waals surface area (Å²) < 4.78 is 5.65. The highest BCUT2D eigenvalue weighted by atomic mass is 16.5. The van der Waals surface area contributed by atoms with Crippen molar-refractivity contribution in [1.29, 1.82) is 0 Å². The van der Waals surface area contributed by atoms with Crippen molar-refractivity contribution in [2.45, 2.75) is 53.2 Å². The minimum atomic E-state index is 0.225. The van der Waals surface area contributed by atoms with Gasteiger partial charge in [0.1, 0.15) is 5.75 Å². The van der Waals surface area contributed by atoms with Crippen LogP contribution in [0.2, 0.25) is 0 Å². The van der Waals surface area contributed by atoms with E-state index in [1.165, 1.54) is 11.1 Å². The maximum Gasteiger partial charge on any atom is 0.119 e. The fourth-order valence-corrected chi connectivity index (χ4v) is 1.76. The number of benzene rings is 1. The summed E-state index contributed by atoms with van der Waals surface area (Å²) in [7, 11) is 0. The first-order valence-electron chi connectivity index (χ1n) is 7.20. The Balaban J connectivity index is 2.67. The molecular weight excluding hydrogens is 234 g/mol. The van der Waals surface area contributed by atoms with Crippen LogP contribution in [0.15, 0.2) is 29.8 Å². The van der Waals surface area contributed by atoms with Gasteiger partial charge in [-0.3, -0.25) is 0 Å². The lowest BCUT2D eigenvalue weighted by atomic mass is 10.1. The molecule has 0 heterocycles. The predicted octanol–water partition coefficient (Wildman–Crippen LogP) is 4.27. The molecule has 0 atom stereocenters. The highest BCUT2D eigenvalue weighted by Crippen LogP contribution is 2.16. The van der Waals surface area contributed by atoms with Crippen molar-refractivity contribution in [3.8, 4) is 5.75 Å². The van der Waals surface area contributed by atoms with Crippen molar-refractivity contribution in [2.24, 2.45) is 0 Å². The maximum atomic E-state index is 5.65. The van der Waals surface area contributed by atoms with Crippen LogP contribution >= 0.6 is 0 Å². The van der Waals surface area contributed by atoms with Gasteiger partial charge in [-0.15, -0.1) is 0 Å². The third-order valence-electron chi connectivity index (χ3n) is 2.81. The Morgan fingerprint density at radius 2 is 1.79 bits per heavy atom. The molecule has 0 saturated heterocycles. The number of nitrogens with one attached hydrogen (secondary N) is 1. The van der Waals surface area contributed by atoms with Crippen LogP contribution in [0.5, 0.6) is 5.75 Å². The van der Waals surface area contributed by atoms with Crippen LogP contribution in [0.25, 0.3) is 6.08 Å². The lowest BCUT2D eigenvalue weighted by Gasteiger charge is -2.11. The Morgan fingerprint density at radius 3 is 2.26 bits per heavy atom. The molecule has 106 valence electrons. The van der Waals surface area contributed by atoms with Gasteiger partial charge in [-0.05, 0) is 38.0 Å². The van der Waals surface area contributed by atoms with Crippen molar-refractivity contribution in [3.05, 3.63) is 35.4 Å². The second-order valence-electron chi connectivity index (χ2n) is 5.43. The van der Waals surface area contributed by atoms with Gasteiger partial charge in [-0.1, -0.05) is 44.6 Å². The molecule has 19 heavy (non-hydrogen) atoms. The minimum absolute atomic E-state index is 0.225. The molecule has 0 bridgehead atoms. The van der Waals surface area contributed by atoms with E-state index in [1.807, 2.05) is 26.0 Å². The zero-order valence-electron chi connectivity index (χ0n) is 12.9. The summed E-state index contributed by atoms with van der Waals surface area (Å²) in [6, 6.07) is 8.83. The summed E-state index contributed by atoms with van der Waals surface area (Å²) in [5.41, 5.74) is 2.66. The zero-order chi connectivity index (χ0) is 14.3. The summed E-state index contributed by atoms with van der Waals surface area (Å²) in [4.78, 5) is 0. The molecule has 0 radical (unpaired) electrons. The summed E-state index contributed by atoms with van der Waals surface area (Å²) in [5.74, 6) is 0.936. The van der Waals surface area contributed by atoms with Gasteiger partial charge < -0.3 is 10.1 Å². The molecule has 0 aliphatic rings. The minimum Gasteiger partial charge on any atom is -0.491 e. The van der Waals surface area contributed by atoms with E-state index in [0.717, 1.165) is 18.7 Å². The lowest BCUT2D eigenvalue weighted by molar-refractivity contribution is 0.242. The number of rotatable bonds is 7. The molecule has 2 nitrogen and oxygen atoms in total.